The molecule has 1 atom stereocenters. The normalized spacial score (nSPS) is 18.4. The molecule has 0 amide bonds. The summed E-state index contributed by atoms with van der Waals surface area (Å²) in [6.07, 6.45) is 3.75. The Morgan fingerprint density at radius 3 is 2.67 bits per heavy atom. The van der Waals surface area contributed by atoms with E-state index in [1.165, 1.54) is 0 Å². The number of anilines is 1. The summed E-state index contributed by atoms with van der Waals surface area (Å²) in [7, 11) is 0. The number of hydrogen-bond acceptors (Lipinski definition) is 4. The summed E-state index contributed by atoms with van der Waals surface area (Å²) in [5.74, 6) is 0.527. The van der Waals surface area contributed by atoms with Gasteiger partial charge in [0.25, 0.3) is 0 Å². The van der Waals surface area contributed by atoms with Gasteiger partial charge in [-0.3, -0.25) is 4.99 Å². The van der Waals surface area contributed by atoms with E-state index in [1.807, 2.05) is 41.7 Å². The van der Waals surface area contributed by atoms with Crippen LogP contribution in [-0.4, -0.2) is 22.1 Å². The molecule has 1 aromatic heterocycles. The zero-order valence-corrected chi connectivity index (χ0v) is 12.8. The Morgan fingerprint density at radius 2 is 2.00 bits per heavy atom. The molecule has 0 fully saturated rings. The van der Waals surface area contributed by atoms with Crippen LogP contribution in [0.1, 0.15) is 31.6 Å². The molecule has 0 spiro atoms. The van der Waals surface area contributed by atoms with Crippen LogP contribution in [0.4, 0.5) is 5.69 Å². The molecule has 6 heteroatoms. The van der Waals surface area contributed by atoms with E-state index < -0.39 is 0 Å². The summed E-state index contributed by atoms with van der Waals surface area (Å²) >= 11 is 5.96. The average molecular weight is 304 g/mol. The highest BCUT2D eigenvalue weighted by Crippen LogP contribution is 2.32. The summed E-state index contributed by atoms with van der Waals surface area (Å²) in [4.78, 5) is 10.7. The van der Waals surface area contributed by atoms with Crippen molar-refractivity contribution in [2.24, 2.45) is 10.7 Å². The van der Waals surface area contributed by atoms with Gasteiger partial charge in [0.2, 0.25) is 0 Å². The number of nitrogens with zero attached hydrogens (tertiary/aromatic N) is 4. The van der Waals surface area contributed by atoms with E-state index in [-0.39, 0.29) is 6.04 Å². The molecule has 0 radical (unpaired) electrons. The molecule has 0 saturated heterocycles. The molecular weight excluding hydrogens is 286 g/mol. The molecule has 1 aliphatic rings. The Morgan fingerprint density at radius 1 is 1.29 bits per heavy atom. The van der Waals surface area contributed by atoms with Gasteiger partial charge in [0.05, 0.1) is 30.8 Å². The summed E-state index contributed by atoms with van der Waals surface area (Å²) in [6, 6.07) is 8.05. The molecule has 1 aromatic carbocycles. The van der Waals surface area contributed by atoms with Crippen LogP contribution in [0.3, 0.4) is 0 Å². The highest BCUT2D eigenvalue weighted by molar-refractivity contribution is 6.30. The van der Waals surface area contributed by atoms with Crippen LogP contribution in [-0.2, 0) is 0 Å². The van der Waals surface area contributed by atoms with Gasteiger partial charge in [-0.25, -0.2) is 4.98 Å². The second kappa shape index (κ2) is 5.41. The van der Waals surface area contributed by atoms with Gasteiger partial charge < -0.3 is 15.2 Å². The van der Waals surface area contributed by atoms with Crippen LogP contribution in [0, 0.1) is 0 Å². The van der Waals surface area contributed by atoms with Crippen molar-refractivity contribution in [2.75, 3.05) is 11.4 Å². The molecule has 21 heavy (non-hydrogen) atoms. The largest absolute Gasteiger partial charge is 0.369 e. The first kappa shape index (κ1) is 13.9. The Hall–Kier alpha value is -2.01. The number of hydrogen-bond donors (Lipinski definition) is 1. The minimum Gasteiger partial charge on any atom is -0.369 e. The van der Waals surface area contributed by atoms with Crippen molar-refractivity contribution in [2.45, 2.75) is 25.9 Å². The van der Waals surface area contributed by atoms with Gasteiger partial charge in [-0.1, -0.05) is 11.6 Å². The van der Waals surface area contributed by atoms with Crippen molar-refractivity contribution >= 4 is 23.2 Å². The number of aliphatic imine (C=N–C) groups is 1. The number of nitrogens with two attached hydrogens (primary N) is 1. The average Bonchev–Trinajstić information content (AvgIpc) is 3.06. The van der Waals surface area contributed by atoms with Gasteiger partial charge in [-0.05, 0) is 38.1 Å². The predicted molar refractivity (Wildman–Crippen MR) is 85.8 cm³/mol. The number of halogens is 1. The van der Waals surface area contributed by atoms with E-state index >= 15 is 0 Å². The van der Waals surface area contributed by atoms with Gasteiger partial charge in [0, 0.05) is 16.8 Å². The van der Waals surface area contributed by atoms with E-state index in [4.69, 9.17) is 17.3 Å². The monoisotopic (exact) mass is 303 g/mol. The second-order valence-corrected chi connectivity index (χ2v) is 5.82. The smallest absolute Gasteiger partial charge is 0.196 e. The van der Waals surface area contributed by atoms with Gasteiger partial charge in [0.1, 0.15) is 0 Å². The molecular formula is C15H18ClN5. The Bertz CT molecular complexity index is 659. The maximum absolute atomic E-state index is 6.09. The summed E-state index contributed by atoms with van der Waals surface area (Å²) in [5, 5.41) is 0.706. The van der Waals surface area contributed by atoms with Crippen LogP contribution < -0.4 is 10.6 Å². The lowest BCUT2D eigenvalue weighted by Gasteiger charge is -2.27. The summed E-state index contributed by atoms with van der Waals surface area (Å²) < 4.78 is 2.15. The second-order valence-electron chi connectivity index (χ2n) is 5.38. The van der Waals surface area contributed by atoms with E-state index in [0.29, 0.717) is 23.6 Å². The van der Waals surface area contributed by atoms with Crippen LogP contribution in [0.15, 0.2) is 41.8 Å². The van der Waals surface area contributed by atoms with Crippen LogP contribution in [0.5, 0.6) is 0 Å². The number of guanidine groups is 1. The maximum atomic E-state index is 6.09. The zero-order valence-electron chi connectivity index (χ0n) is 12.1. The van der Waals surface area contributed by atoms with Gasteiger partial charge in [0.15, 0.2) is 5.96 Å². The van der Waals surface area contributed by atoms with Crippen molar-refractivity contribution in [1.29, 1.82) is 0 Å². The Balaban J connectivity index is 1.99. The summed E-state index contributed by atoms with van der Waals surface area (Å²) in [6.45, 7) is 4.90. The molecule has 3 rings (SSSR count). The fourth-order valence-electron chi connectivity index (χ4n) is 2.64. The molecule has 110 valence electrons. The van der Waals surface area contributed by atoms with E-state index in [1.54, 1.807) is 0 Å². The zero-order chi connectivity index (χ0) is 15.0. The fourth-order valence-corrected chi connectivity index (χ4v) is 2.77. The lowest BCUT2D eigenvalue weighted by molar-refractivity contribution is 0.549. The standard InChI is InChI=1S/C15H18ClN5/c1-10(2)20-9-18-7-13(20)14-8-19-15(17)21(14)12-5-3-11(16)4-6-12/h3-7,9-10,14H,8H2,1-2H3,(H2,17,19). The predicted octanol–water partition coefficient (Wildman–Crippen LogP) is 2.99. The molecule has 2 heterocycles. The number of benzene rings is 1. The lowest BCUT2D eigenvalue weighted by Crippen LogP contribution is -2.37. The van der Waals surface area contributed by atoms with Gasteiger partial charge in [-0.2, -0.15) is 0 Å². The molecule has 1 aliphatic heterocycles. The SMILES string of the molecule is CC(C)n1cncc1C1CN=C(N)N1c1ccc(Cl)cc1. The number of aromatic nitrogens is 2. The fraction of sp³-hybridized carbons (Fsp3) is 0.333. The third kappa shape index (κ3) is 2.49. The van der Waals surface area contributed by atoms with Crippen molar-refractivity contribution in [3.63, 3.8) is 0 Å². The van der Waals surface area contributed by atoms with Crippen LogP contribution in [0.2, 0.25) is 5.02 Å². The molecule has 2 aromatic rings. The Kier molecular flexibility index (Phi) is 3.59. The minimum absolute atomic E-state index is 0.0658. The first-order chi connectivity index (χ1) is 10.1. The molecule has 0 bridgehead atoms. The lowest BCUT2D eigenvalue weighted by atomic mass is 10.1. The summed E-state index contributed by atoms with van der Waals surface area (Å²) in [5.41, 5.74) is 8.19. The highest BCUT2D eigenvalue weighted by atomic mass is 35.5. The number of imidazole rings is 1. The van der Waals surface area contributed by atoms with E-state index in [0.717, 1.165) is 11.4 Å². The molecule has 0 aliphatic carbocycles. The van der Waals surface area contributed by atoms with Crippen LogP contribution in [0.25, 0.3) is 0 Å². The molecule has 1 unspecified atom stereocenters. The van der Waals surface area contributed by atoms with Crippen molar-refractivity contribution in [1.82, 2.24) is 9.55 Å². The van der Waals surface area contributed by atoms with Crippen molar-refractivity contribution in [3.05, 3.63) is 47.5 Å². The first-order valence-corrected chi connectivity index (χ1v) is 7.32. The third-order valence-corrected chi connectivity index (χ3v) is 3.94. The first-order valence-electron chi connectivity index (χ1n) is 6.94. The minimum atomic E-state index is 0.0658. The van der Waals surface area contributed by atoms with Crippen molar-refractivity contribution in [3.8, 4) is 0 Å². The number of rotatable bonds is 3. The quantitative estimate of drug-likeness (QED) is 0.948. The molecule has 2 N–H and O–H groups in total. The van der Waals surface area contributed by atoms with E-state index in [2.05, 4.69) is 28.4 Å². The van der Waals surface area contributed by atoms with Gasteiger partial charge in [-0.15, -0.1) is 0 Å². The topological polar surface area (TPSA) is 59.4 Å². The van der Waals surface area contributed by atoms with Crippen molar-refractivity contribution < 1.29 is 0 Å². The third-order valence-electron chi connectivity index (χ3n) is 3.68. The maximum Gasteiger partial charge on any atom is 0.196 e. The highest BCUT2D eigenvalue weighted by Gasteiger charge is 2.31. The molecule has 5 nitrogen and oxygen atoms in total. The molecule has 0 saturated carbocycles. The van der Waals surface area contributed by atoms with Gasteiger partial charge >= 0.3 is 0 Å². The van der Waals surface area contributed by atoms with E-state index in [9.17, 15) is 0 Å². The van der Waals surface area contributed by atoms with Crippen LogP contribution >= 0.6 is 11.6 Å². The Labute approximate surface area is 129 Å².